The Hall–Kier alpha value is -2.36. The second-order valence-corrected chi connectivity index (χ2v) is 3.24. The maximum atomic E-state index is 9.51. The molecule has 16 heavy (non-hydrogen) atoms. The van der Waals surface area contributed by atoms with Gasteiger partial charge in [0.1, 0.15) is 11.6 Å². The number of hydrogen-bond acceptors (Lipinski definition) is 4. The zero-order chi connectivity index (χ0) is 11.4. The number of benzene rings is 1. The Morgan fingerprint density at radius 1 is 1.12 bits per heavy atom. The minimum atomic E-state index is 0.190. The largest absolute Gasteiger partial charge is 0.507 e. The van der Waals surface area contributed by atoms with Crippen LogP contribution in [0.2, 0.25) is 0 Å². The molecule has 0 atom stereocenters. The molecule has 0 bridgehead atoms. The van der Waals surface area contributed by atoms with Crippen molar-refractivity contribution in [3.05, 3.63) is 48.0 Å². The van der Waals surface area contributed by atoms with Gasteiger partial charge in [-0.2, -0.15) is 0 Å². The molecule has 0 aliphatic carbocycles. The Kier molecular flexibility index (Phi) is 2.82. The lowest BCUT2D eigenvalue weighted by atomic mass is 10.2. The lowest BCUT2D eigenvalue weighted by Crippen LogP contribution is -1.88. The van der Waals surface area contributed by atoms with Crippen LogP contribution in [0, 0.1) is 0 Å². The molecule has 1 heterocycles. The van der Waals surface area contributed by atoms with Gasteiger partial charge >= 0.3 is 0 Å². The molecule has 4 heteroatoms. The van der Waals surface area contributed by atoms with E-state index in [0.717, 1.165) is 0 Å². The van der Waals surface area contributed by atoms with E-state index in [9.17, 15) is 5.11 Å². The van der Waals surface area contributed by atoms with Crippen LogP contribution in [0.5, 0.6) is 5.75 Å². The summed E-state index contributed by atoms with van der Waals surface area (Å²) < 4.78 is 0. The fourth-order valence-electron chi connectivity index (χ4n) is 1.24. The molecule has 0 radical (unpaired) electrons. The van der Waals surface area contributed by atoms with Gasteiger partial charge in [-0.05, 0) is 24.3 Å². The van der Waals surface area contributed by atoms with Crippen LogP contribution < -0.4 is 5.73 Å². The number of rotatable bonds is 2. The normalized spacial score (nSPS) is 10.8. The molecule has 0 aliphatic heterocycles. The third-order valence-electron chi connectivity index (χ3n) is 2.03. The third kappa shape index (κ3) is 2.36. The number of aliphatic imine (C=N–C) groups is 1. The summed E-state index contributed by atoms with van der Waals surface area (Å²) in [5.74, 6) is 1.13. The highest BCUT2D eigenvalue weighted by atomic mass is 16.3. The Morgan fingerprint density at radius 3 is 2.69 bits per heavy atom. The Morgan fingerprint density at radius 2 is 1.94 bits per heavy atom. The average molecular weight is 213 g/mol. The fraction of sp³-hybridized carbons (Fsp3) is 0. The zero-order valence-electron chi connectivity index (χ0n) is 8.54. The predicted molar refractivity (Wildman–Crippen MR) is 64.0 cm³/mol. The van der Waals surface area contributed by atoms with Gasteiger partial charge in [-0.1, -0.05) is 18.2 Å². The van der Waals surface area contributed by atoms with Crippen LogP contribution in [0.3, 0.4) is 0 Å². The smallest absolute Gasteiger partial charge is 0.154 e. The quantitative estimate of drug-likeness (QED) is 0.750. The van der Waals surface area contributed by atoms with Gasteiger partial charge in [-0.3, -0.25) is 0 Å². The molecule has 0 saturated heterocycles. The first kappa shape index (κ1) is 10.2. The minimum absolute atomic E-state index is 0.190. The Bertz CT molecular complexity index is 523. The number of hydrogen-bond donors (Lipinski definition) is 2. The highest BCUT2D eigenvalue weighted by molar-refractivity contribution is 5.84. The second kappa shape index (κ2) is 4.44. The maximum Gasteiger partial charge on any atom is 0.154 e. The van der Waals surface area contributed by atoms with Crippen LogP contribution in [0.1, 0.15) is 5.56 Å². The minimum Gasteiger partial charge on any atom is -0.507 e. The van der Waals surface area contributed by atoms with Crippen LogP contribution in [-0.4, -0.2) is 16.3 Å². The number of pyridine rings is 1. The summed E-state index contributed by atoms with van der Waals surface area (Å²) in [5, 5.41) is 9.51. The number of aromatic nitrogens is 1. The van der Waals surface area contributed by atoms with E-state index in [1.54, 1.807) is 42.6 Å². The lowest BCUT2D eigenvalue weighted by Gasteiger charge is -1.97. The molecule has 0 amide bonds. The summed E-state index contributed by atoms with van der Waals surface area (Å²) in [4.78, 5) is 8.14. The highest BCUT2D eigenvalue weighted by Gasteiger charge is 1.95. The molecule has 2 rings (SSSR count). The van der Waals surface area contributed by atoms with Crippen molar-refractivity contribution in [2.24, 2.45) is 4.99 Å². The standard InChI is InChI=1S/C12H11N3O/c13-11-6-3-7-12(15-11)14-8-9-4-1-2-5-10(9)16/h1-8,16H,(H2,13,15)/b14-8+. The van der Waals surface area contributed by atoms with E-state index in [4.69, 9.17) is 5.73 Å². The van der Waals surface area contributed by atoms with Crippen molar-refractivity contribution in [1.82, 2.24) is 4.98 Å². The first-order valence-corrected chi connectivity index (χ1v) is 4.80. The van der Waals surface area contributed by atoms with Gasteiger partial charge in [-0.15, -0.1) is 0 Å². The molecule has 0 saturated carbocycles. The molecule has 0 aliphatic rings. The molecule has 0 fully saturated rings. The predicted octanol–water partition coefficient (Wildman–Crippen LogP) is 2.12. The molecule has 1 aromatic carbocycles. The van der Waals surface area contributed by atoms with Gasteiger partial charge in [0, 0.05) is 11.8 Å². The summed E-state index contributed by atoms with van der Waals surface area (Å²) in [5.41, 5.74) is 6.17. The molecule has 3 N–H and O–H groups in total. The molecule has 0 unspecified atom stereocenters. The van der Waals surface area contributed by atoms with Crippen molar-refractivity contribution in [3.63, 3.8) is 0 Å². The topological polar surface area (TPSA) is 71.5 Å². The molecular formula is C12H11N3O. The van der Waals surface area contributed by atoms with Crippen molar-refractivity contribution >= 4 is 17.9 Å². The maximum absolute atomic E-state index is 9.51. The Balaban J connectivity index is 2.25. The first-order valence-electron chi connectivity index (χ1n) is 4.80. The number of nitrogen functional groups attached to an aromatic ring is 1. The number of para-hydroxylation sites is 1. The lowest BCUT2D eigenvalue weighted by molar-refractivity contribution is 0.474. The molecule has 80 valence electrons. The van der Waals surface area contributed by atoms with E-state index < -0.39 is 0 Å². The van der Waals surface area contributed by atoms with E-state index in [0.29, 0.717) is 17.2 Å². The summed E-state index contributed by atoms with van der Waals surface area (Å²) in [6.45, 7) is 0. The van der Waals surface area contributed by atoms with Crippen LogP contribution in [0.25, 0.3) is 0 Å². The number of phenols is 1. The van der Waals surface area contributed by atoms with Gasteiger partial charge in [0.05, 0.1) is 0 Å². The number of aromatic hydroxyl groups is 1. The summed E-state index contributed by atoms with van der Waals surface area (Å²) >= 11 is 0. The van der Waals surface area contributed by atoms with Crippen LogP contribution in [-0.2, 0) is 0 Å². The van der Waals surface area contributed by atoms with Crippen LogP contribution in [0.15, 0.2) is 47.5 Å². The van der Waals surface area contributed by atoms with Crippen molar-refractivity contribution in [1.29, 1.82) is 0 Å². The van der Waals surface area contributed by atoms with Crippen LogP contribution >= 0.6 is 0 Å². The van der Waals surface area contributed by atoms with Crippen molar-refractivity contribution in [2.75, 3.05) is 5.73 Å². The first-order chi connectivity index (χ1) is 7.75. The molecule has 2 aromatic rings. The SMILES string of the molecule is Nc1cccc(/N=C/c2ccccc2O)n1. The number of nitrogens with zero attached hydrogens (tertiary/aromatic N) is 2. The average Bonchev–Trinajstić information content (AvgIpc) is 2.28. The second-order valence-electron chi connectivity index (χ2n) is 3.24. The van der Waals surface area contributed by atoms with Crippen molar-refractivity contribution in [3.8, 4) is 5.75 Å². The van der Waals surface area contributed by atoms with E-state index in [2.05, 4.69) is 9.98 Å². The van der Waals surface area contributed by atoms with Gasteiger partial charge in [-0.25, -0.2) is 9.98 Å². The van der Waals surface area contributed by atoms with Crippen molar-refractivity contribution < 1.29 is 5.11 Å². The third-order valence-corrected chi connectivity index (χ3v) is 2.03. The number of nitrogens with two attached hydrogens (primary N) is 1. The van der Waals surface area contributed by atoms with Crippen molar-refractivity contribution in [2.45, 2.75) is 0 Å². The van der Waals surface area contributed by atoms with Gasteiger partial charge < -0.3 is 10.8 Å². The Labute approximate surface area is 93.1 Å². The van der Waals surface area contributed by atoms with E-state index in [1.807, 2.05) is 6.07 Å². The zero-order valence-corrected chi connectivity index (χ0v) is 8.54. The van der Waals surface area contributed by atoms with E-state index in [1.165, 1.54) is 0 Å². The highest BCUT2D eigenvalue weighted by Crippen LogP contribution is 2.15. The fourth-order valence-corrected chi connectivity index (χ4v) is 1.24. The number of anilines is 1. The monoisotopic (exact) mass is 213 g/mol. The summed E-state index contributed by atoms with van der Waals surface area (Å²) in [6.07, 6.45) is 1.55. The molecule has 4 nitrogen and oxygen atoms in total. The summed E-state index contributed by atoms with van der Waals surface area (Å²) in [7, 11) is 0. The summed E-state index contributed by atoms with van der Waals surface area (Å²) in [6, 6.07) is 12.2. The van der Waals surface area contributed by atoms with Gasteiger partial charge in [0.2, 0.25) is 0 Å². The molecule has 1 aromatic heterocycles. The number of phenolic OH excluding ortho intramolecular Hbond substituents is 1. The van der Waals surface area contributed by atoms with E-state index >= 15 is 0 Å². The molecular weight excluding hydrogens is 202 g/mol. The van der Waals surface area contributed by atoms with Gasteiger partial charge in [0.15, 0.2) is 5.82 Å². The van der Waals surface area contributed by atoms with Crippen LogP contribution in [0.4, 0.5) is 11.6 Å². The van der Waals surface area contributed by atoms with Gasteiger partial charge in [0.25, 0.3) is 0 Å². The molecule has 0 spiro atoms. The van der Waals surface area contributed by atoms with E-state index in [-0.39, 0.29) is 5.75 Å².